The van der Waals surface area contributed by atoms with E-state index < -0.39 is 0 Å². The Morgan fingerprint density at radius 1 is 0.158 bits per heavy atom. The van der Waals surface area contributed by atoms with E-state index in [1.54, 1.807) is 9.80 Å². The summed E-state index contributed by atoms with van der Waals surface area (Å²) in [7, 11) is 0. The number of carbonyl (C=O) groups is 4. The predicted octanol–water partition coefficient (Wildman–Crippen LogP) is 32.5. The average Bonchev–Trinajstić information content (AvgIpc) is 0.675. The third-order valence-corrected chi connectivity index (χ3v) is 30.4. The maximum absolute atomic E-state index is 15.1. The molecule has 0 aromatic heterocycles. The Morgan fingerprint density at radius 2 is 0.275 bits per heavy atom. The number of unbranched alkanes of at least 4 members (excludes halogenated alkanes) is 16. The summed E-state index contributed by atoms with van der Waals surface area (Å²) in [4.78, 5) is 63.9. The van der Waals surface area contributed by atoms with Crippen LogP contribution < -0.4 is 0 Å². The molecule has 23 aromatic rings. The molecule has 0 saturated heterocycles. The summed E-state index contributed by atoms with van der Waals surface area (Å²) in [5.41, 5.74) is 2.63. The first-order valence-electron chi connectivity index (χ1n) is 45.8. The van der Waals surface area contributed by atoms with Crippen molar-refractivity contribution in [3.8, 4) is 0 Å². The van der Waals surface area contributed by atoms with Gasteiger partial charge in [0, 0.05) is 45.1 Å². The molecule has 23 aromatic carbocycles. The third kappa shape index (κ3) is 9.41. The molecule has 0 unspecified atom stereocenters. The second-order valence-electron chi connectivity index (χ2n) is 36.7. The van der Waals surface area contributed by atoms with Crippen LogP contribution in [-0.4, -0.2) is 45.5 Å². The van der Waals surface area contributed by atoms with Crippen molar-refractivity contribution < 1.29 is 19.2 Å². The summed E-state index contributed by atoms with van der Waals surface area (Å²) in [6.07, 6.45) is 26.5. The second kappa shape index (κ2) is 26.7. The van der Waals surface area contributed by atoms with Crippen molar-refractivity contribution in [2.45, 2.75) is 194 Å². The number of hydrogen-bond donors (Lipinski definition) is 0. The van der Waals surface area contributed by atoms with Crippen molar-refractivity contribution in [3.63, 3.8) is 0 Å². The van der Waals surface area contributed by atoms with Crippen LogP contribution in [0.2, 0.25) is 0 Å². The number of amides is 4. The van der Waals surface area contributed by atoms with Gasteiger partial charge in [-0.2, -0.15) is 0 Å². The molecule has 0 spiro atoms. The van der Waals surface area contributed by atoms with Gasteiger partial charge in [-0.25, -0.2) is 0 Å². The Bertz CT molecular complexity index is 7420. The van der Waals surface area contributed by atoms with Crippen LogP contribution in [-0.2, 0) is 0 Å². The third-order valence-electron chi connectivity index (χ3n) is 30.4. The van der Waals surface area contributed by atoms with E-state index in [9.17, 15) is 0 Å². The van der Waals surface area contributed by atoms with Gasteiger partial charge in [0.15, 0.2) is 0 Å². The highest BCUT2D eigenvalue weighted by molar-refractivity contribution is 6.52. The normalized spacial score (nSPS) is 14.2. The topological polar surface area (TPSA) is 74.8 Å². The number of hydrogen-bond acceptors (Lipinski definition) is 4. The number of imide groups is 2. The van der Waals surface area contributed by atoms with Crippen molar-refractivity contribution in [2.24, 2.45) is 0 Å². The Labute approximate surface area is 695 Å². The fraction of sp³-hybridized carbons (Fsp3) is 0.263. The summed E-state index contributed by atoms with van der Waals surface area (Å²) in [5, 5.41) is 53.6. The zero-order chi connectivity index (χ0) is 79.9. The van der Waals surface area contributed by atoms with Gasteiger partial charge in [-0.3, -0.25) is 29.0 Å². The molecule has 6 heteroatoms. The molecule has 0 N–H and O–H groups in total. The molecule has 25 rings (SSSR count). The molecule has 0 fully saturated rings. The van der Waals surface area contributed by atoms with E-state index in [0.717, 1.165) is 142 Å². The minimum Gasteiger partial charge on any atom is -0.271 e. The smallest absolute Gasteiger partial charge is 0.261 e. The van der Waals surface area contributed by atoms with Gasteiger partial charge in [0.2, 0.25) is 0 Å². The first-order valence-corrected chi connectivity index (χ1v) is 45.8. The molecule has 6 nitrogen and oxygen atoms in total. The van der Waals surface area contributed by atoms with Crippen molar-refractivity contribution in [1.82, 2.24) is 9.80 Å². The first kappa shape index (κ1) is 70.9. The number of fused-ring (bicyclic) bond motifs is 14. The van der Waals surface area contributed by atoms with E-state index in [1.807, 2.05) is 24.3 Å². The van der Waals surface area contributed by atoms with Crippen molar-refractivity contribution in [3.05, 3.63) is 216 Å². The lowest BCUT2D eigenvalue weighted by molar-refractivity contribution is 0.0501. The summed E-state index contributed by atoms with van der Waals surface area (Å²) >= 11 is 0. The second-order valence-corrected chi connectivity index (χ2v) is 36.7. The van der Waals surface area contributed by atoms with Crippen LogP contribution in [0.25, 0.3) is 237 Å². The molecule has 2 heterocycles. The van der Waals surface area contributed by atoms with Crippen molar-refractivity contribution in [2.75, 3.05) is 0 Å². The Balaban J connectivity index is 0.599. The van der Waals surface area contributed by atoms with Crippen LogP contribution in [0, 0.1) is 0 Å². The summed E-state index contributed by atoms with van der Waals surface area (Å²) in [5.74, 6) is -0.522. The molecule has 0 saturated carbocycles. The van der Waals surface area contributed by atoms with E-state index in [1.165, 1.54) is 249 Å². The average molecular weight is 1560 g/mol. The fourth-order valence-electron chi connectivity index (χ4n) is 25.1. The van der Waals surface area contributed by atoms with Gasteiger partial charge in [-0.05, 0) is 276 Å². The first-order chi connectivity index (χ1) is 59.2. The molecule has 0 bridgehead atoms. The summed E-state index contributed by atoms with van der Waals surface area (Å²) in [6, 6.07) is 74.4. The van der Waals surface area contributed by atoms with Crippen LogP contribution in [0.4, 0.5) is 0 Å². The monoisotopic (exact) mass is 1550 g/mol. The van der Waals surface area contributed by atoms with Gasteiger partial charge in [-0.15, -0.1) is 0 Å². The number of benzene rings is 23. The molecular weight excluding hydrogens is 1460 g/mol. The minimum absolute atomic E-state index is 0.108. The van der Waals surface area contributed by atoms with Gasteiger partial charge in [-0.1, -0.05) is 326 Å². The summed E-state index contributed by atoms with van der Waals surface area (Å²) in [6.45, 7) is 8.99. The molecule has 120 heavy (non-hydrogen) atoms. The lowest BCUT2D eigenvalue weighted by atomic mass is 9.79. The summed E-state index contributed by atoms with van der Waals surface area (Å²) < 4.78 is 0. The number of carbonyl (C=O) groups excluding carboxylic acids is 4. The molecular formula is C114H94N2O4. The largest absolute Gasteiger partial charge is 0.271 e. The molecule has 584 valence electrons. The van der Waals surface area contributed by atoms with E-state index >= 15 is 19.2 Å². The molecule has 4 amide bonds. The SMILES string of the molecule is CCCCCCCC(CCCCCCC)N1C(=O)c2ccc3c4ccc5c6ccc7c8ccc9c%10ccc%11c%12ccc%13c%14ccc%15c%16ccc%17c%18c(ccc(c%19ccc(c%20ccc(c%21ccc(c%22ccc(c%23ccc(c%24ccc(c%25ccc(c2c3%25)C1=O)c4c5%24)c6c7%23)c8c9%22)c%10c%11%21)c%12c%13%20)c%14c%15%19)c%18%16)C(=O)N(C(CCCCCCC)CCCCCCC)C%17=O. The van der Waals surface area contributed by atoms with Crippen molar-refractivity contribution >= 4 is 261 Å². The fourth-order valence-corrected chi connectivity index (χ4v) is 25.1. The van der Waals surface area contributed by atoms with Gasteiger partial charge in [0.25, 0.3) is 23.6 Å². The van der Waals surface area contributed by atoms with Gasteiger partial charge in [0.1, 0.15) is 0 Å². The van der Waals surface area contributed by atoms with E-state index in [0.29, 0.717) is 22.3 Å². The standard InChI is InChI=1S/C114H94N2O4/c1-5-9-13-17-21-25-61(26-22-18-14-10-6-2)115-111(117)91-57-53-87-83-49-45-79-75-41-37-71-67-33-29-63-65-31-35-69-73-39-43-77-81-47-51-85-89-55-59-93-110-94(114(120)116(113(93)119)62(27-23-19-15-11-7-3)28-24-20-16-12-8-4)60-56-90(108(89)110)86-52-48-82(104(81)106(85)86)78-44-40-74(100(73)102(77)78)70-36-32-66(96(65)98(69)70)64-30-34-68(97(67)95(63)64)72-38-42-76(101(75)99(71)72)80-46-50-84(105(83)103(79)80)88-54-58-92(112(115)118)109(91)107(87)88/h29-62H,5-28H2,1-4H3. The quantitative estimate of drug-likeness (QED) is 0.0234. The Morgan fingerprint density at radius 3 is 0.408 bits per heavy atom. The number of nitrogens with zero attached hydrogens (tertiary/aromatic N) is 2. The maximum Gasteiger partial charge on any atom is 0.261 e. The van der Waals surface area contributed by atoms with Gasteiger partial charge < -0.3 is 0 Å². The van der Waals surface area contributed by atoms with E-state index in [2.05, 4.69) is 198 Å². The molecule has 0 radical (unpaired) electrons. The Hall–Kier alpha value is -12.1. The van der Waals surface area contributed by atoms with E-state index in [4.69, 9.17) is 0 Å². The van der Waals surface area contributed by atoms with E-state index in [-0.39, 0.29) is 35.7 Å². The van der Waals surface area contributed by atoms with Crippen LogP contribution in [0.15, 0.2) is 194 Å². The molecule has 2 aliphatic heterocycles. The lowest BCUT2D eigenvalue weighted by Gasteiger charge is -2.35. The minimum atomic E-state index is -0.130. The van der Waals surface area contributed by atoms with Crippen LogP contribution >= 0.6 is 0 Å². The van der Waals surface area contributed by atoms with Gasteiger partial charge in [0.05, 0.1) is 0 Å². The number of rotatable bonds is 26. The maximum atomic E-state index is 15.1. The highest BCUT2D eigenvalue weighted by atomic mass is 16.2. The zero-order valence-corrected chi connectivity index (χ0v) is 69.1. The highest BCUT2D eigenvalue weighted by Crippen LogP contribution is 2.57. The van der Waals surface area contributed by atoms with Crippen molar-refractivity contribution in [1.29, 1.82) is 0 Å². The molecule has 0 atom stereocenters. The van der Waals surface area contributed by atoms with Crippen LogP contribution in [0.5, 0.6) is 0 Å². The lowest BCUT2D eigenvalue weighted by Crippen LogP contribution is -2.47. The predicted molar refractivity (Wildman–Crippen MR) is 512 cm³/mol. The van der Waals surface area contributed by atoms with Gasteiger partial charge >= 0.3 is 0 Å². The Kier molecular flexibility index (Phi) is 15.8. The van der Waals surface area contributed by atoms with Crippen LogP contribution in [0.3, 0.4) is 0 Å². The van der Waals surface area contributed by atoms with Crippen LogP contribution in [0.1, 0.15) is 223 Å². The zero-order valence-electron chi connectivity index (χ0n) is 69.1. The molecule has 0 aliphatic carbocycles. The molecule has 2 aliphatic rings. The highest BCUT2D eigenvalue weighted by Gasteiger charge is 2.41.